The van der Waals surface area contributed by atoms with Crippen LogP contribution >= 0.6 is 11.3 Å². The number of esters is 1. The number of fused-ring (bicyclic) bond motifs is 1. The Bertz CT molecular complexity index is 1160. The predicted octanol–water partition coefficient (Wildman–Crippen LogP) is 3.83. The number of nitro benzene ring substituents is 1. The minimum absolute atomic E-state index is 0.0690. The lowest BCUT2D eigenvalue weighted by molar-refractivity contribution is -0.384. The summed E-state index contributed by atoms with van der Waals surface area (Å²) in [5.41, 5.74) is 1.05. The molecular weight excluding hydrogens is 382 g/mol. The summed E-state index contributed by atoms with van der Waals surface area (Å²) in [6, 6.07) is 5.88. The Balaban J connectivity index is 1.75. The number of nitro groups is 1. The van der Waals surface area contributed by atoms with Crippen LogP contribution in [0.15, 0.2) is 35.1 Å². The van der Waals surface area contributed by atoms with E-state index in [2.05, 4.69) is 9.97 Å². The number of aromatic nitrogens is 2. The van der Waals surface area contributed by atoms with Gasteiger partial charge in [-0.2, -0.15) is 0 Å². The molecule has 0 amide bonds. The SMILES string of the molecule is Cc1sc2nc([C@H](C)OC(=O)/C=C/c3cccc([N+](=O)[O-])c3)[nH]c(=O)c2c1C. The molecule has 9 heteroatoms. The van der Waals surface area contributed by atoms with Crippen LogP contribution in [-0.2, 0) is 9.53 Å². The average Bonchev–Trinajstić information content (AvgIpc) is 2.94. The first-order chi connectivity index (χ1) is 13.3. The molecule has 1 aromatic carbocycles. The van der Waals surface area contributed by atoms with Gasteiger partial charge in [0.05, 0.1) is 10.3 Å². The van der Waals surface area contributed by atoms with Gasteiger partial charge in [0.15, 0.2) is 11.9 Å². The molecule has 0 saturated heterocycles. The number of non-ortho nitro benzene ring substituents is 1. The minimum Gasteiger partial charge on any atom is -0.451 e. The molecule has 8 nitrogen and oxygen atoms in total. The number of carbonyl (C=O) groups is 1. The highest BCUT2D eigenvalue weighted by Gasteiger charge is 2.17. The van der Waals surface area contributed by atoms with Crippen molar-refractivity contribution in [2.24, 2.45) is 0 Å². The summed E-state index contributed by atoms with van der Waals surface area (Å²) in [5.74, 6) is -0.392. The maximum atomic E-state index is 12.3. The number of nitrogens with one attached hydrogen (secondary N) is 1. The molecule has 0 radical (unpaired) electrons. The molecule has 0 aliphatic heterocycles. The molecule has 144 valence electrons. The van der Waals surface area contributed by atoms with Gasteiger partial charge in [0.2, 0.25) is 0 Å². The fourth-order valence-corrected chi connectivity index (χ4v) is 3.68. The number of hydrogen-bond acceptors (Lipinski definition) is 7. The van der Waals surface area contributed by atoms with Crippen LogP contribution in [0.5, 0.6) is 0 Å². The third-order valence-corrected chi connectivity index (χ3v) is 5.33. The van der Waals surface area contributed by atoms with Crippen molar-refractivity contribution >= 4 is 39.3 Å². The van der Waals surface area contributed by atoms with Gasteiger partial charge >= 0.3 is 5.97 Å². The van der Waals surface area contributed by atoms with Crippen molar-refractivity contribution in [3.8, 4) is 0 Å². The number of carbonyl (C=O) groups excluding carboxylic acids is 1. The number of benzene rings is 1. The van der Waals surface area contributed by atoms with E-state index in [1.165, 1.54) is 41.7 Å². The van der Waals surface area contributed by atoms with Crippen molar-refractivity contribution in [3.63, 3.8) is 0 Å². The molecule has 3 aromatic rings. The lowest BCUT2D eigenvalue weighted by atomic mass is 10.2. The summed E-state index contributed by atoms with van der Waals surface area (Å²) < 4.78 is 5.29. The second-order valence-electron chi connectivity index (χ2n) is 6.18. The van der Waals surface area contributed by atoms with Gasteiger partial charge in [0.1, 0.15) is 4.83 Å². The number of rotatable bonds is 5. The van der Waals surface area contributed by atoms with Crippen molar-refractivity contribution in [2.75, 3.05) is 0 Å². The summed E-state index contributed by atoms with van der Waals surface area (Å²) in [6.45, 7) is 5.40. The topological polar surface area (TPSA) is 115 Å². The van der Waals surface area contributed by atoms with Gasteiger partial charge < -0.3 is 9.72 Å². The number of H-pyrrole nitrogens is 1. The summed E-state index contributed by atoms with van der Waals surface area (Å²) >= 11 is 1.41. The van der Waals surface area contributed by atoms with Crippen LogP contribution in [0.3, 0.4) is 0 Å². The molecule has 0 saturated carbocycles. The number of hydrogen-bond donors (Lipinski definition) is 1. The Hall–Kier alpha value is -3.33. The smallest absolute Gasteiger partial charge is 0.331 e. The molecule has 1 N–H and O–H groups in total. The molecule has 1 atom stereocenters. The summed E-state index contributed by atoms with van der Waals surface area (Å²) in [6.07, 6.45) is 1.83. The van der Waals surface area contributed by atoms with Gasteiger partial charge in [-0.05, 0) is 38.0 Å². The lowest BCUT2D eigenvalue weighted by Crippen LogP contribution is -2.16. The Morgan fingerprint density at radius 1 is 1.39 bits per heavy atom. The number of thiophene rings is 1. The Morgan fingerprint density at radius 3 is 2.86 bits per heavy atom. The summed E-state index contributed by atoms with van der Waals surface area (Å²) in [7, 11) is 0. The largest absolute Gasteiger partial charge is 0.451 e. The van der Waals surface area contributed by atoms with Crippen LogP contribution in [0.4, 0.5) is 5.69 Å². The first kappa shape index (κ1) is 19.4. The first-order valence-corrected chi connectivity index (χ1v) is 9.21. The van der Waals surface area contributed by atoms with Crippen LogP contribution in [0.2, 0.25) is 0 Å². The number of aryl methyl sites for hydroxylation is 2. The standard InChI is InChI=1S/C19H17N3O5S/c1-10-12(3)28-19-16(10)18(24)20-17(21-19)11(2)27-15(23)8-7-13-5-4-6-14(9-13)22(25)26/h4-9,11H,1-3H3,(H,20,21,24)/b8-7+/t11-/m0/s1. The van der Waals surface area contributed by atoms with Crippen LogP contribution in [0.25, 0.3) is 16.3 Å². The summed E-state index contributed by atoms with van der Waals surface area (Å²) in [4.78, 5) is 43.4. The minimum atomic E-state index is -0.762. The highest BCUT2D eigenvalue weighted by molar-refractivity contribution is 7.18. The van der Waals surface area contributed by atoms with E-state index in [1.54, 1.807) is 13.0 Å². The number of aromatic amines is 1. The second-order valence-corrected chi connectivity index (χ2v) is 7.38. The van der Waals surface area contributed by atoms with Gasteiger partial charge in [0, 0.05) is 23.1 Å². The maximum absolute atomic E-state index is 12.3. The molecule has 0 spiro atoms. The van der Waals surface area contributed by atoms with Gasteiger partial charge in [-0.1, -0.05) is 12.1 Å². The number of nitrogens with zero attached hydrogens (tertiary/aromatic N) is 2. The van der Waals surface area contributed by atoms with Gasteiger partial charge in [0.25, 0.3) is 11.2 Å². The van der Waals surface area contributed by atoms with E-state index in [0.29, 0.717) is 15.8 Å². The van der Waals surface area contributed by atoms with E-state index in [-0.39, 0.29) is 17.1 Å². The van der Waals surface area contributed by atoms with E-state index in [4.69, 9.17) is 4.74 Å². The highest BCUT2D eigenvalue weighted by Crippen LogP contribution is 2.27. The van der Waals surface area contributed by atoms with Crippen molar-refractivity contribution in [3.05, 3.63) is 72.6 Å². The Kier molecular flexibility index (Phi) is 5.36. The van der Waals surface area contributed by atoms with Gasteiger partial charge in [-0.15, -0.1) is 11.3 Å². The quantitative estimate of drug-likeness (QED) is 0.302. The third kappa shape index (κ3) is 3.99. The molecule has 28 heavy (non-hydrogen) atoms. The fraction of sp³-hybridized carbons (Fsp3) is 0.211. The van der Waals surface area contributed by atoms with Gasteiger partial charge in [-0.25, -0.2) is 9.78 Å². The molecule has 0 unspecified atom stereocenters. The van der Waals surface area contributed by atoms with E-state index in [9.17, 15) is 19.7 Å². The zero-order valence-electron chi connectivity index (χ0n) is 15.4. The normalized spacial score (nSPS) is 12.4. The molecule has 0 bridgehead atoms. The molecule has 0 aliphatic rings. The third-order valence-electron chi connectivity index (χ3n) is 4.23. The van der Waals surface area contributed by atoms with Crippen molar-refractivity contribution in [1.29, 1.82) is 0 Å². The molecule has 2 aromatic heterocycles. The molecule has 0 aliphatic carbocycles. The second kappa shape index (κ2) is 7.73. The lowest BCUT2D eigenvalue weighted by Gasteiger charge is -2.11. The predicted molar refractivity (Wildman–Crippen MR) is 106 cm³/mol. The average molecular weight is 399 g/mol. The van der Waals surface area contributed by atoms with Crippen LogP contribution < -0.4 is 5.56 Å². The highest BCUT2D eigenvalue weighted by atomic mass is 32.1. The van der Waals surface area contributed by atoms with Crippen molar-refractivity contribution in [1.82, 2.24) is 9.97 Å². The van der Waals surface area contributed by atoms with Gasteiger partial charge in [-0.3, -0.25) is 14.9 Å². The molecule has 2 heterocycles. The molecular formula is C19H17N3O5S. The number of ether oxygens (including phenoxy) is 1. The van der Waals surface area contributed by atoms with Crippen LogP contribution in [0, 0.1) is 24.0 Å². The molecule has 3 rings (SSSR count). The van der Waals surface area contributed by atoms with Crippen LogP contribution in [-0.4, -0.2) is 20.9 Å². The summed E-state index contributed by atoms with van der Waals surface area (Å²) in [5, 5.41) is 11.3. The van der Waals surface area contributed by atoms with Crippen LogP contribution in [0.1, 0.15) is 34.9 Å². The first-order valence-electron chi connectivity index (χ1n) is 8.39. The van der Waals surface area contributed by atoms with E-state index in [0.717, 1.165) is 10.4 Å². The van der Waals surface area contributed by atoms with E-state index >= 15 is 0 Å². The molecule has 0 fully saturated rings. The maximum Gasteiger partial charge on any atom is 0.331 e. The van der Waals surface area contributed by atoms with Crippen molar-refractivity contribution in [2.45, 2.75) is 26.9 Å². The monoisotopic (exact) mass is 399 g/mol. The van der Waals surface area contributed by atoms with E-state index in [1.807, 2.05) is 13.8 Å². The van der Waals surface area contributed by atoms with Crippen molar-refractivity contribution < 1.29 is 14.5 Å². The zero-order valence-corrected chi connectivity index (χ0v) is 16.2. The fourth-order valence-electron chi connectivity index (χ4n) is 2.64. The van der Waals surface area contributed by atoms with E-state index < -0.39 is 17.0 Å². The Labute approximate surface area is 163 Å². The Morgan fingerprint density at radius 2 is 2.14 bits per heavy atom. The zero-order chi connectivity index (χ0) is 20.4.